The highest BCUT2D eigenvalue weighted by atomic mass is 16.8. The van der Waals surface area contributed by atoms with Gasteiger partial charge in [-0.15, -0.1) is 0 Å². The molecule has 1 heterocycles. The summed E-state index contributed by atoms with van der Waals surface area (Å²) < 4.78 is 54.2. The van der Waals surface area contributed by atoms with Gasteiger partial charge in [0.25, 0.3) is 12.6 Å². The van der Waals surface area contributed by atoms with Gasteiger partial charge < -0.3 is 47.4 Å². The highest BCUT2D eigenvalue weighted by molar-refractivity contribution is 5.93. The second-order valence-electron chi connectivity index (χ2n) is 13.7. The summed E-state index contributed by atoms with van der Waals surface area (Å²) in [7, 11) is 0. The summed E-state index contributed by atoms with van der Waals surface area (Å²) in [5.74, 6) is -2.25. The number of ether oxygens (including phenoxy) is 10. The molecule has 1 fully saturated rings. The van der Waals surface area contributed by atoms with E-state index in [0.717, 1.165) is 37.8 Å². The Balaban J connectivity index is 1.02. The smallest absolute Gasteiger partial charge is 0.343 e. The van der Waals surface area contributed by atoms with Crippen LogP contribution in [0.1, 0.15) is 80.0 Å². The van der Waals surface area contributed by atoms with E-state index < -0.39 is 48.4 Å². The first kappa shape index (κ1) is 47.7. The maximum Gasteiger partial charge on any atom is 0.343 e. The van der Waals surface area contributed by atoms with Crippen molar-refractivity contribution in [3.8, 4) is 23.0 Å². The number of rotatable bonds is 24. The number of esters is 6. The summed E-state index contributed by atoms with van der Waals surface area (Å²) in [6, 6.07) is 24.2. The third-order valence-corrected chi connectivity index (χ3v) is 9.03. The molecule has 2 atom stereocenters. The Bertz CT molecular complexity index is 2020. The van der Waals surface area contributed by atoms with Gasteiger partial charge in [0, 0.05) is 12.2 Å². The molecule has 0 radical (unpaired) electrons. The first-order valence-electron chi connectivity index (χ1n) is 20.5. The standard InChI is InChI=1S/C48H48O16/c1-3-41(49)57-29-9-5-7-27-55-37-19-11-33(12-20-37)43(51)61-39-23-15-35(16-24-39)45(53)63-47-48(60-32-31-59-47)64-46(54)36-17-25-40(26-18-36)62-44(52)34-13-21-38(22-14-34)56-28-8-6-10-30-58-42(50)4-2/h3-4,11-26,47-48H,1-2,5-10,27-32H2/t47-,48-/m0/s1. The molecule has 0 aliphatic carbocycles. The van der Waals surface area contributed by atoms with Gasteiger partial charge >= 0.3 is 35.8 Å². The average Bonchev–Trinajstić information content (AvgIpc) is 3.32. The maximum absolute atomic E-state index is 13.0. The van der Waals surface area contributed by atoms with E-state index in [1.165, 1.54) is 48.5 Å². The van der Waals surface area contributed by atoms with Gasteiger partial charge in [0.2, 0.25) is 0 Å². The van der Waals surface area contributed by atoms with Crippen molar-refractivity contribution >= 4 is 35.8 Å². The molecule has 4 aromatic rings. The summed E-state index contributed by atoms with van der Waals surface area (Å²) in [5, 5.41) is 0. The minimum absolute atomic E-state index is 0.0678. The molecular formula is C48H48O16. The van der Waals surface area contributed by atoms with E-state index in [1.54, 1.807) is 48.5 Å². The van der Waals surface area contributed by atoms with Gasteiger partial charge in [-0.3, -0.25) is 0 Å². The van der Waals surface area contributed by atoms with Gasteiger partial charge in [-0.05, 0) is 136 Å². The minimum atomic E-state index is -1.39. The molecule has 0 unspecified atom stereocenters. The SMILES string of the molecule is C=CC(=O)OCCCCCOc1ccc(C(=O)Oc2ccc(C(=O)O[C@@H]3OCCO[C@H]3OC(=O)c3ccc(OC(=O)c4ccc(OCCCCCOC(=O)C=C)cc4)cc3)cc2)cc1. The number of carbonyl (C=O) groups excluding carboxylic acids is 6. The second-order valence-corrected chi connectivity index (χ2v) is 13.7. The normalized spacial score (nSPS) is 14.2. The van der Waals surface area contributed by atoms with Gasteiger partial charge in [-0.25, -0.2) is 28.8 Å². The molecule has 336 valence electrons. The van der Waals surface area contributed by atoms with Crippen molar-refractivity contribution in [1.82, 2.24) is 0 Å². The Morgan fingerprint density at radius 3 is 1.09 bits per heavy atom. The van der Waals surface area contributed by atoms with Crippen LogP contribution in [0.4, 0.5) is 0 Å². The maximum atomic E-state index is 13.0. The van der Waals surface area contributed by atoms with Crippen molar-refractivity contribution in [1.29, 1.82) is 0 Å². The lowest BCUT2D eigenvalue weighted by Gasteiger charge is -2.30. The Morgan fingerprint density at radius 1 is 0.438 bits per heavy atom. The molecule has 0 amide bonds. The zero-order valence-corrected chi connectivity index (χ0v) is 35.0. The fourth-order valence-corrected chi connectivity index (χ4v) is 5.64. The van der Waals surface area contributed by atoms with Crippen LogP contribution >= 0.6 is 0 Å². The highest BCUT2D eigenvalue weighted by Crippen LogP contribution is 2.22. The van der Waals surface area contributed by atoms with Crippen molar-refractivity contribution in [2.24, 2.45) is 0 Å². The number of hydrogen-bond donors (Lipinski definition) is 0. The molecule has 4 aromatic carbocycles. The first-order valence-corrected chi connectivity index (χ1v) is 20.5. The molecule has 1 aliphatic heterocycles. The summed E-state index contributed by atoms with van der Waals surface area (Å²) in [5.41, 5.74) is 0.765. The van der Waals surface area contributed by atoms with Crippen LogP contribution in [0, 0.1) is 0 Å². The predicted octanol–water partition coefficient (Wildman–Crippen LogP) is 7.39. The lowest BCUT2D eigenvalue weighted by molar-refractivity contribution is -0.288. The largest absolute Gasteiger partial charge is 0.494 e. The van der Waals surface area contributed by atoms with E-state index in [1.807, 2.05) is 0 Å². The monoisotopic (exact) mass is 880 g/mol. The zero-order chi connectivity index (χ0) is 45.5. The minimum Gasteiger partial charge on any atom is -0.494 e. The predicted molar refractivity (Wildman–Crippen MR) is 227 cm³/mol. The van der Waals surface area contributed by atoms with Crippen molar-refractivity contribution < 1.29 is 76.1 Å². The van der Waals surface area contributed by atoms with Gasteiger partial charge in [-0.1, -0.05) is 13.2 Å². The summed E-state index contributed by atoms with van der Waals surface area (Å²) in [6.07, 6.45) is 4.02. The molecule has 1 saturated heterocycles. The molecular weight excluding hydrogens is 833 g/mol. The summed E-state index contributed by atoms with van der Waals surface area (Å²) in [6.45, 7) is 8.39. The van der Waals surface area contributed by atoms with Gasteiger partial charge in [-0.2, -0.15) is 0 Å². The summed E-state index contributed by atoms with van der Waals surface area (Å²) >= 11 is 0. The number of hydrogen-bond acceptors (Lipinski definition) is 16. The van der Waals surface area contributed by atoms with Crippen LogP contribution < -0.4 is 18.9 Å². The third kappa shape index (κ3) is 15.9. The molecule has 1 aliphatic rings. The zero-order valence-electron chi connectivity index (χ0n) is 35.0. The van der Waals surface area contributed by atoms with E-state index in [9.17, 15) is 28.8 Å². The average molecular weight is 881 g/mol. The fraction of sp³-hybridized carbons (Fsp3) is 0.292. The Kier molecular flexibility index (Phi) is 19.1. The Labute approximate surface area is 369 Å². The van der Waals surface area contributed by atoms with Crippen LogP contribution in [0.25, 0.3) is 0 Å². The van der Waals surface area contributed by atoms with Crippen LogP contribution in [-0.4, -0.2) is 88.0 Å². The van der Waals surface area contributed by atoms with Crippen LogP contribution in [0.5, 0.6) is 23.0 Å². The lowest BCUT2D eigenvalue weighted by Crippen LogP contribution is -2.44. The highest BCUT2D eigenvalue weighted by Gasteiger charge is 2.34. The van der Waals surface area contributed by atoms with Crippen molar-refractivity contribution in [2.75, 3.05) is 39.6 Å². The molecule has 5 rings (SSSR count). The fourth-order valence-electron chi connectivity index (χ4n) is 5.64. The van der Waals surface area contributed by atoms with Crippen LogP contribution in [-0.2, 0) is 38.0 Å². The molecule has 0 saturated carbocycles. The van der Waals surface area contributed by atoms with Gasteiger partial charge in [0.15, 0.2) is 0 Å². The molecule has 16 nitrogen and oxygen atoms in total. The molecule has 0 aromatic heterocycles. The summed E-state index contributed by atoms with van der Waals surface area (Å²) in [4.78, 5) is 73.7. The van der Waals surface area contributed by atoms with E-state index in [4.69, 9.17) is 47.4 Å². The number of carbonyl (C=O) groups is 6. The van der Waals surface area contributed by atoms with Crippen LogP contribution in [0.3, 0.4) is 0 Å². The number of benzene rings is 4. The van der Waals surface area contributed by atoms with E-state index >= 15 is 0 Å². The lowest BCUT2D eigenvalue weighted by atomic mass is 10.2. The number of unbranched alkanes of at least 4 members (excludes halogenated alkanes) is 4. The van der Waals surface area contributed by atoms with Crippen molar-refractivity contribution in [3.05, 3.63) is 145 Å². The molecule has 0 N–H and O–H groups in total. The topological polar surface area (TPSA) is 195 Å². The van der Waals surface area contributed by atoms with E-state index in [-0.39, 0.29) is 47.0 Å². The van der Waals surface area contributed by atoms with Crippen molar-refractivity contribution in [2.45, 2.75) is 51.1 Å². The third-order valence-electron chi connectivity index (χ3n) is 9.03. The Morgan fingerprint density at radius 2 is 0.750 bits per heavy atom. The molecule has 64 heavy (non-hydrogen) atoms. The van der Waals surface area contributed by atoms with E-state index in [2.05, 4.69) is 13.2 Å². The first-order chi connectivity index (χ1) is 31.1. The Hall–Kier alpha value is -7.30. The van der Waals surface area contributed by atoms with Gasteiger partial charge in [0.1, 0.15) is 23.0 Å². The van der Waals surface area contributed by atoms with E-state index in [0.29, 0.717) is 50.8 Å². The van der Waals surface area contributed by atoms with Crippen LogP contribution in [0.2, 0.25) is 0 Å². The quantitative estimate of drug-likeness (QED) is 0.0222. The molecule has 0 bridgehead atoms. The second kappa shape index (κ2) is 25.6. The van der Waals surface area contributed by atoms with Crippen molar-refractivity contribution in [3.63, 3.8) is 0 Å². The van der Waals surface area contributed by atoms with Crippen LogP contribution in [0.15, 0.2) is 122 Å². The van der Waals surface area contributed by atoms with Gasteiger partial charge in [0.05, 0.1) is 61.9 Å². The molecule has 16 heteroatoms. The molecule has 0 spiro atoms.